The summed E-state index contributed by atoms with van der Waals surface area (Å²) in [5.41, 5.74) is 1.60. The molecule has 4 heteroatoms. The fourth-order valence-electron chi connectivity index (χ4n) is 1.37. The molecule has 0 aliphatic carbocycles. The second-order valence-electron chi connectivity index (χ2n) is 3.93. The molecule has 0 fully saturated rings. The summed E-state index contributed by atoms with van der Waals surface area (Å²) in [5.74, 6) is 0.960. The molecule has 78 valence electrons. The molecule has 2 aromatic heterocycles. The SMILES string of the molecule is CC(=O)c1cn2cc(C(C)C)cnc2n1. The number of aromatic nitrogens is 3. The Bertz CT molecular complexity index is 514. The molecule has 0 radical (unpaired) electrons. The van der Waals surface area contributed by atoms with E-state index in [1.165, 1.54) is 6.92 Å². The minimum atomic E-state index is -0.0356. The maximum atomic E-state index is 11.1. The number of Topliss-reactive ketones (excluding diaryl/α,β-unsaturated/α-hetero) is 1. The third kappa shape index (κ3) is 1.75. The standard InChI is InChI=1S/C11H13N3O/c1-7(2)9-4-12-11-13-10(8(3)15)6-14(11)5-9/h4-7H,1-3H3. The minimum Gasteiger partial charge on any atom is -0.293 e. The zero-order chi connectivity index (χ0) is 11.0. The van der Waals surface area contributed by atoms with Gasteiger partial charge in [0.1, 0.15) is 5.69 Å². The molecule has 0 saturated heterocycles. The zero-order valence-corrected chi connectivity index (χ0v) is 9.06. The van der Waals surface area contributed by atoms with E-state index in [0.717, 1.165) is 5.56 Å². The topological polar surface area (TPSA) is 47.3 Å². The summed E-state index contributed by atoms with van der Waals surface area (Å²) in [6.45, 7) is 5.71. The lowest BCUT2D eigenvalue weighted by Crippen LogP contribution is -1.94. The molecule has 2 aromatic rings. The van der Waals surface area contributed by atoms with Crippen LogP contribution in [0.25, 0.3) is 5.78 Å². The second kappa shape index (κ2) is 3.46. The van der Waals surface area contributed by atoms with Crippen molar-refractivity contribution in [2.45, 2.75) is 26.7 Å². The van der Waals surface area contributed by atoms with E-state index in [-0.39, 0.29) is 5.78 Å². The van der Waals surface area contributed by atoms with Gasteiger partial charge >= 0.3 is 0 Å². The third-order valence-corrected chi connectivity index (χ3v) is 2.36. The molecular formula is C11H13N3O. The van der Waals surface area contributed by atoms with E-state index in [2.05, 4.69) is 23.8 Å². The van der Waals surface area contributed by atoms with E-state index in [1.807, 2.05) is 6.20 Å². The number of nitrogens with zero attached hydrogens (tertiary/aromatic N) is 3. The Hall–Kier alpha value is -1.71. The summed E-state index contributed by atoms with van der Waals surface area (Å²) in [5, 5.41) is 0. The van der Waals surface area contributed by atoms with Gasteiger partial charge in [-0.05, 0) is 11.5 Å². The molecular weight excluding hydrogens is 190 g/mol. The summed E-state index contributed by atoms with van der Waals surface area (Å²) in [6.07, 6.45) is 5.49. The predicted molar refractivity (Wildman–Crippen MR) is 57.1 cm³/mol. The molecule has 2 heterocycles. The van der Waals surface area contributed by atoms with Crippen LogP contribution < -0.4 is 0 Å². The lowest BCUT2D eigenvalue weighted by Gasteiger charge is -2.03. The first-order chi connectivity index (χ1) is 7.08. The average molecular weight is 203 g/mol. The maximum Gasteiger partial charge on any atom is 0.234 e. The summed E-state index contributed by atoms with van der Waals surface area (Å²) in [4.78, 5) is 19.5. The van der Waals surface area contributed by atoms with E-state index < -0.39 is 0 Å². The molecule has 0 saturated carbocycles. The number of imidazole rings is 1. The molecule has 0 spiro atoms. The Morgan fingerprint density at radius 3 is 2.73 bits per heavy atom. The average Bonchev–Trinajstić information content (AvgIpc) is 2.59. The first-order valence-electron chi connectivity index (χ1n) is 4.93. The van der Waals surface area contributed by atoms with Gasteiger partial charge in [0.05, 0.1) is 0 Å². The van der Waals surface area contributed by atoms with Crippen LogP contribution in [0.3, 0.4) is 0 Å². The molecule has 0 atom stereocenters. The number of hydrogen-bond acceptors (Lipinski definition) is 3. The Morgan fingerprint density at radius 1 is 1.40 bits per heavy atom. The van der Waals surface area contributed by atoms with Crippen molar-refractivity contribution in [3.63, 3.8) is 0 Å². The van der Waals surface area contributed by atoms with Crippen LogP contribution in [0.4, 0.5) is 0 Å². The predicted octanol–water partition coefficient (Wildman–Crippen LogP) is 2.06. The maximum absolute atomic E-state index is 11.1. The van der Waals surface area contributed by atoms with Gasteiger partial charge in [0.2, 0.25) is 5.78 Å². The summed E-state index contributed by atoms with van der Waals surface area (Å²) < 4.78 is 1.80. The molecule has 0 aliphatic heterocycles. The van der Waals surface area contributed by atoms with Crippen LogP contribution >= 0.6 is 0 Å². The summed E-state index contributed by atoms with van der Waals surface area (Å²) in [7, 11) is 0. The molecule has 0 amide bonds. The van der Waals surface area contributed by atoms with E-state index in [4.69, 9.17) is 0 Å². The number of rotatable bonds is 2. The van der Waals surface area contributed by atoms with Gasteiger partial charge in [0, 0.05) is 25.5 Å². The normalized spacial score (nSPS) is 11.2. The van der Waals surface area contributed by atoms with E-state index in [1.54, 1.807) is 16.8 Å². The zero-order valence-electron chi connectivity index (χ0n) is 9.06. The minimum absolute atomic E-state index is 0.0356. The number of carbonyl (C=O) groups excluding carboxylic acids is 1. The third-order valence-electron chi connectivity index (χ3n) is 2.36. The van der Waals surface area contributed by atoms with Gasteiger partial charge in [-0.15, -0.1) is 0 Å². The number of carbonyl (C=O) groups is 1. The highest BCUT2D eigenvalue weighted by Crippen LogP contribution is 2.13. The Morgan fingerprint density at radius 2 is 2.13 bits per heavy atom. The summed E-state index contributed by atoms with van der Waals surface area (Å²) in [6, 6.07) is 0. The number of hydrogen-bond donors (Lipinski definition) is 0. The lowest BCUT2D eigenvalue weighted by molar-refractivity contribution is 0.101. The fourth-order valence-corrected chi connectivity index (χ4v) is 1.37. The number of ketones is 1. The first-order valence-corrected chi connectivity index (χ1v) is 4.93. The molecule has 4 nitrogen and oxygen atoms in total. The van der Waals surface area contributed by atoms with E-state index in [9.17, 15) is 4.79 Å². The van der Waals surface area contributed by atoms with Crippen molar-refractivity contribution in [1.29, 1.82) is 0 Å². The molecule has 0 aliphatic rings. The van der Waals surface area contributed by atoms with Gasteiger partial charge in [-0.3, -0.25) is 9.20 Å². The monoisotopic (exact) mass is 203 g/mol. The summed E-state index contributed by atoms with van der Waals surface area (Å²) >= 11 is 0. The Balaban J connectivity index is 2.57. The van der Waals surface area contributed by atoms with Crippen LogP contribution in [0.1, 0.15) is 42.7 Å². The molecule has 0 N–H and O–H groups in total. The van der Waals surface area contributed by atoms with Crippen LogP contribution in [0, 0.1) is 0 Å². The van der Waals surface area contributed by atoms with Gasteiger partial charge in [-0.25, -0.2) is 9.97 Å². The van der Waals surface area contributed by atoms with Gasteiger partial charge in [-0.1, -0.05) is 13.8 Å². The van der Waals surface area contributed by atoms with Crippen molar-refractivity contribution in [1.82, 2.24) is 14.4 Å². The highest BCUT2D eigenvalue weighted by atomic mass is 16.1. The fraction of sp³-hybridized carbons (Fsp3) is 0.364. The van der Waals surface area contributed by atoms with Crippen LogP contribution in [0.2, 0.25) is 0 Å². The van der Waals surface area contributed by atoms with Crippen LogP contribution in [-0.2, 0) is 0 Å². The molecule has 0 unspecified atom stereocenters. The smallest absolute Gasteiger partial charge is 0.234 e. The van der Waals surface area contributed by atoms with Crippen LogP contribution in [0.5, 0.6) is 0 Å². The molecule has 0 bridgehead atoms. The van der Waals surface area contributed by atoms with Crippen LogP contribution in [-0.4, -0.2) is 20.2 Å². The largest absolute Gasteiger partial charge is 0.293 e. The highest BCUT2D eigenvalue weighted by molar-refractivity contribution is 5.92. The van der Waals surface area contributed by atoms with Gasteiger partial charge in [0.25, 0.3) is 0 Å². The van der Waals surface area contributed by atoms with Crippen molar-refractivity contribution in [3.8, 4) is 0 Å². The van der Waals surface area contributed by atoms with E-state index >= 15 is 0 Å². The Kier molecular flexibility index (Phi) is 2.26. The Labute approximate surface area is 88.0 Å². The second-order valence-corrected chi connectivity index (χ2v) is 3.93. The van der Waals surface area contributed by atoms with Crippen molar-refractivity contribution in [2.24, 2.45) is 0 Å². The quantitative estimate of drug-likeness (QED) is 0.702. The molecule has 0 aromatic carbocycles. The van der Waals surface area contributed by atoms with Crippen molar-refractivity contribution < 1.29 is 4.79 Å². The molecule has 15 heavy (non-hydrogen) atoms. The van der Waals surface area contributed by atoms with Crippen LogP contribution in [0.15, 0.2) is 18.6 Å². The first kappa shape index (κ1) is 9.83. The van der Waals surface area contributed by atoms with Gasteiger partial charge < -0.3 is 0 Å². The van der Waals surface area contributed by atoms with Crippen molar-refractivity contribution >= 4 is 11.6 Å². The van der Waals surface area contributed by atoms with Crippen molar-refractivity contribution in [3.05, 3.63) is 29.8 Å². The van der Waals surface area contributed by atoms with Crippen molar-refractivity contribution in [2.75, 3.05) is 0 Å². The lowest BCUT2D eigenvalue weighted by atomic mass is 10.1. The highest BCUT2D eigenvalue weighted by Gasteiger charge is 2.08. The van der Waals surface area contributed by atoms with Gasteiger partial charge in [-0.2, -0.15) is 0 Å². The van der Waals surface area contributed by atoms with Gasteiger partial charge in [0.15, 0.2) is 5.78 Å². The molecule has 2 rings (SSSR count). The number of fused-ring (bicyclic) bond motifs is 1. The van der Waals surface area contributed by atoms with E-state index in [0.29, 0.717) is 17.4 Å².